The lowest BCUT2D eigenvalue weighted by Crippen LogP contribution is -1.94. The molecule has 0 amide bonds. The van der Waals surface area contributed by atoms with Gasteiger partial charge in [-0.1, -0.05) is 6.07 Å². The minimum absolute atomic E-state index is 0.573. The first kappa shape index (κ1) is 9.77. The normalized spacial score (nSPS) is 10.9. The van der Waals surface area contributed by atoms with Gasteiger partial charge in [0.1, 0.15) is 5.69 Å². The SMILES string of the molecule is Cn1cnc(-c2ccc3nc[nH]c3c2)c1C=O. The molecule has 0 fully saturated rings. The van der Waals surface area contributed by atoms with Gasteiger partial charge in [0.05, 0.1) is 29.4 Å². The van der Waals surface area contributed by atoms with Crippen molar-refractivity contribution in [1.82, 2.24) is 19.5 Å². The van der Waals surface area contributed by atoms with E-state index in [-0.39, 0.29) is 0 Å². The molecule has 0 saturated carbocycles. The van der Waals surface area contributed by atoms with Gasteiger partial charge in [-0.15, -0.1) is 0 Å². The van der Waals surface area contributed by atoms with Crippen LogP contribution in [-0.4, -0.2) is 25.8 Å². The number of aromatic amines is 1. The molecule has 5 nitrogen and oxygen atoms in total. The monoisotopic (exact) mass is 226 g/mol. The zero-order valence-corrected chi connectivity index (χ0v) is 9.21. The van der Waals surface area contributed by atoms with Crippen molar-refractivity contribution < 1.29 is 4.79 Å². The molecular weight excluding hydrogens is 216 g/mol. The third kappa shape index (κ3) is 1.44. The standard InChI is InChI=1S/C12H10N4O/c1-16-7-15-12(11(16)5-17)8-2-3-9-10(4-8)14-6-13-9/h2-7H,1H3,(H,13,14). The summed E-state index contributed by atoms with van der Waals surface area (Å²) in [5, 5.41) is 0. The number of aryl methyl sites for hydroxylation is 1. The molecule has 1 aromatic carbocycles. The van der Waals surface area contributed by atoms with E-state index in [4.69, 9.17) is 0 Å². The van der Waals surface area contributed by atoms with E-state index in [1.807, 2.05) is 18.2 Å². The summed E-state index contributed by atoms with van der Waals surface area (Å²) in [5.41, 5.74) is 4.01. The number of hydrogen-bond donors (Lipinski definition) is 1. The first-order valence-corrected chi connectivity index (χ1v) is 5.19. The van der Waals surface area contributed by atoms with Gasteiger partial charge in [-0.3, -0.25) is 4.79 Å². The second kappa shape index (κ2) is 3.55. The maximum Gasteiger partial charge on any atom is 0.168 e. The van der Waals surface area contributed by atoms with Crippen LogP contribution in [0.2, 0.25) is 0 Å². The first-order chi connectivity index (χ1) is 8.29. The molecule has 0 unspecified atom stereocenters. The Morgan fingerprint density at radius 1 is 1.35 bits per heavy atom. The second-order valence-corrected chi connectivity index (χ2v) is 3.84. The Kier molecular flexibility index (Phi) is 2.04. The molecule has 0 bridgehead atoms. The Hall–Kier alpha value is -2.43. The van der Waals surface area contributed by atoms with Crippen LogP contribution >= 0.6 is 0 Å². The lowest BCUT2D eigenvalue weighted by molar-refractivity contribution is 0.111. The fraction of sp³-hybridized carbons (Fsp3) is 0.0833. The number of fused-ring (bicyclic) bond motifs is 1. The summed E-state index contributed by atoms with van der Waals surface area (Å²) < 4.78 is 1.71. The Morgan fingerprint density at radius 2 is 2.24 bits per heavy atom. The zero-order chi connectivity index (χ0) is 11.8. The fourth-order valence-corrected chi connectivity index (χ4v) is 1.88. The van der Waals surface area contributed by atoms with Crippen LogP contribution in [0.25, 0.3) is 22.3 Å². The van der Waals surface area contributed by atoms with E-state index in [2.05, 4.69) is 15.0 Å². The molecule has 0 radical (unpaired) electrons. The van der Waals surface area contributed by atoms with Gasteiger partial charge >= 0.3 is 0 Å². The van der Waals surface area contributed by atoms with E-state index < -0.39 is 0 Å². The van der Waals surface area contributed by atoms with Crippen LogP contribution in [0.3, 0.4) is 0 Å². The largest absolute Gasteiger partial charge is 0.345 e. The Balaban J connectivity index is 2.22. The molecule has 0 aliphatic rings. The van der Waals surface area contributed by atoms with Crippen molar-refractivity contribution in [3.05, 3.63) is 36.5 Å². The van der Waals surface area contributed by atoms with Gasteiger partial charge in [0.15, 0.2) is 6.29 Å². The van der Waals surface area contributed by atoms with Crippen LogP contribution < -0.4 is 0 Å². The van der Waals surface area contributed by atoms with Crippen molar-refractivity contribution in [1.29, 1.82) is 0 Å². The number of carbonyl (C=O) groups is 1. The van der Waals surface area contributed by atoms with Crippen LogP contribution in [0, 0.1) is 0 Å². The van der Waals surface area contributed by atoms with Crippen LogP contribution in [-0.2, 0) is 7.05 Å². The van der Waals surface area contributed by atoms with Crippen LogP contribution in [0.5, 0.6) is 0 Å². The number of rotatable bonds is 2. The van der Waals surface area contributed by atoms with Crippen LogP contribution in [0.15, 0.2) is 30.9 Å². The van der Waals surface area contributed by atoms with E-state index >= 15 is 0 Å². The number of H-pyrrole nitrogens is 1. The van der Waals surface area contributed by atoms with Crippen LogP contribution in [0.1, 0.15) is 10.5 Å². The summed E-state index contributed by atoms with van der Waals surface area (Å²) in [6.07, 6.45) is 4.10. The Bertz CT molecular complexity index is 695. The Labute approximate surface area is 97.1 Å². The van der Waals surface area contributed by atoms with Gasteiger partial charge in [0, 0.05) is 12.6 Å². The van der Waals surface area contributed by atoms with Gasteiger partial charge < -0.3 is 9.55 Å². The predicted molar refractivity (Wildman–Crippen MR) is 63.7 cm³/mol. The second-order valence-electron chi connectivity index (χ2n) is 3.84. The minimum Gasteiger partial charge on any atom is -0.345 e. The lowest BCUT2D eigenvalue weighted by atomic mass is 10.1. The summed E-state index contributed by atoms with van der Waals surface area (Å²) in [6.45, 7) is 0. The molecule has 3 rings (SSSR count). The number of aromatic nitrogens is 4. The van der Waals surface area contributed by atoms with E-state index in [9.17, 15) is 4.79 Å². The van der Waals surface area contributed by atoms with E-state index in [1.54, 1.807) is 24.3 Å². The summed E-state index contributed by atoms with van der Waals surface area (Å²) in [5.74, 6) is 0. The topological polar surface area (TPSA) is 63.6 Å². The molecule has 0 saturated heterocycles. The highest BCUT2D eigenvalue weighted by atomic mass is 16.1. The molecule has 0 spiro atoms. The molecule has 2 aromatic heterocycles. The molecule has 2 heterocycles. The average molecular weight is 226 g/mol. The highest BCUT2D eigenvalue weighted by molar-refractivity contribution is 5.87. The number of carbonyl (C=O) groups excluding carboxylic acids is 1. The zero-order valence-electron chi connectivity index (χ0n) is 9.21. The number of hydrogen-bond acceptors (Lipinski definition) is 3. The number of nitrogens with zero attached hydrogens (tertiary/aromatic N) is 3. The number of imidazole rings is 2. The molecule has 5 heteroatoms. The molecule has 84 valence electrons. The van der Waals surface area contributed by atoms with E-state index in [0.29, 0.717) is 11.4 Å². The van der Waals surface area contributed by atoms with Gasteiger partial charge in [-0.2, -0.15) is 0 Å². The van der Waals surface area contributed by atoms with Gasteiger partial charge in [0.25, 0.3) is 0 Å². The van der Waals surface area contributed by atoms with Crippen molar-refractivity contribution in [3.63, 3.8) is 0 Å². The quantitative estimate of drug-likeness (QED) is 0.677. The van der Waals surface area contributed by atoms with Crippen molar-refractivity contribution in [2.45, 2.75) is 0 Å². The van der Waals surface area contributed by atoms with E-state index in [0.717, 1.165) is 22.9 Å². The lowest BCUT2D eigenvalue weighted by Gasteiger charge is -1.99. The molecule has 0 aliphatic carbocycles. The minimum atomic E-state index is 0.573. The summed E-state index contributed by atoms with van der Waals surface area (Å²) in [4.78, 5) is 22.5. The van der Waals surface area contributed by atoms with Crippen molar-refractivity contribution in [2.24, 2.45) is 7.05 Å². The maximum atomic E-state index is 11.0. The molecule has 17 heavy (non-hydrogen) atoms. The maximum absolute atomic E-state index is 11.0. The smallest absolute Gasteiger partial charge is 0.168 e. The van der Waals surface area contributed by atoms with Gasteiger partial charge in [0.2, 0.25) is 0 Å². The molecule has 3 aromatic rings. The van der Waals surface area contributed by atoms with E-state index in [1.165, 1.54) is 0 Å². The molecular formula is C12H10N4O. The third-order valence-electron chi connectivity index (χ3n) is 2.79. The summed E-state index contributed by atoms with van der Waals surface area (Å²) in [7, 11) is 1.80. The van der Waals surface area contributed by atoms with Crippen molar-refractivity contribution in [3.8, 4) is 11.3 Å². The van der Waals surface area contributed by atoms with Crippen molar-refractivity contribution >= 4 is 17.3 Å². The molecule has 0 atom stereocenters. The number of benzene rings is 1. The van der Waals surface area contributed by atoms with Gasteiger partial charge in [-0.25, -0.2) is 9.97 Å². The third-order valence-corrected chi connectivity index (χ3v) is 2.79. The number of aldehydes is 1. The summed E-state index contributed by atoms with van der Waals surface area (Å²) in [6, 6.07) is 5.76. The fourth-order valence-electron chi connectivity index (χ4n) is 1.88. The van der Waals surface area contributed by atoms with Crippen molar-refractivity contribution in [2.75, 3.05) is 0 Å². The predicted octanol–water partition coefficient (Wildman–Crippen LogP) is 1.78. The number of nitrogens with one attached hydrogen (secondary N) is 1. The molecule has 1 N–H and O–H groups in total. The van der Waals surface area contributed by atoms with Gasteiger partial charge in [-0.05, 0) is 12.1 Å². The molecule has 0 aliphatic heterocycles. The highest BCUT2D eigenvalue weighted by Crippen LogP contribution is 2.23. The summed E-state index contributed by atoms with van der Waals surface area (Å²) >= 11 is 0. The Morgan fingerprint density at radius 3 is 3.06 bits per heavy atom. The highest BCUT2D eigenvalue weighted by Gasteiger charge is 2.10. The average Bonchev–Trinajstić information content (AvgIpc) is 2.93. The first-order valence-electron chi connectivity index (χ1n) is 5.19. The van der Waals surface area contributed by atoms with Crippen LogP contribution in [0.4, 0.5) is 0 Å².